The number of aliphatic imine (C=N–C) groups is 1. The standard InChI is InChI=1S/C82H87N3O9S.Na/c1-51-24-25-60-43-68-32-35-71(60)74(51)47-77(95(90,91)92)75-45-64-41-63(44-69-39-54(50-86)17-10-20-58-42-67(87)31-34-73(58)79(64)93-69)78(75)56-26-29-65(30-27-56)82(94-68,85-80(83)84)49-66(38-53-15-6-3-7-16-53)81(89)36-12-22-61(48-81)57-28-33-72(62(40-57)37-52-13-4-2-5-14-52)76(88)46-59-21-11-19-55-18-8-9-23-70(55)59;/h2-9,11,13-16,18-19,21,23,26-35,40,42-43,45,51,54,61,63,66,69,74-79,86-89H,12,17,22,24-25,36-39,41,44,46-50H2,1H3,(H4,83,84,85)(H,90,91,92);/q;+1/p-1/t51-,54+,61-,63-,66+,69-,74+,75-,76+,77-,78+,79-,81-,82-;/m1./s1. The van der Waals surface area contributed by atoms with Crippen LogP contribution in [0.2, 0.25) is 0 Å². The molecule has 0 amide bonds. The molecule has 0 radical (unpaired) electrons. The molecule has 8 aliphatic rings. The fraction of sp³-hybridized carbons (Fsp3) is 0.378. The summed E-state index contributed by atoms with van der Waals surface area (Å²) in [6.07, 6.45) is 8.12. The molecule has 12 nitrogen and oxygen atoms in total. The minimum absolute atomic E-state index is 0. The molecule has 0 spiro atoms. The van der Waals surface area contributed by atoms with E-state index in [1.165, 1.54) is 0 Å². The molecule has 1 saturated carbocycles. The van der Waals surface area contributed by atoms with Crippen molar-refractivity contribution in [3.8, 4) is 23.3 Å². The third kappa shape index (κ3) is 14.2. The van der Waals surface area contributed by atoms with Crippen LogP contribution in [0, 0.1) is 41.4 Å². The number of phenols is 1. The predicted octanol–water partition coefficient (Wildman–Crippen LogP) is 11.2. The summed E-state index contributed by atoms with van der Waals surface area (Å²) in [4.78, 5) is 5.23. The Balaban J connectivity index is 0.00000833. The van der Waals surface area contributed by atoms with Crippen LogP contribution in [0.25, 0.3) is 10.8 Å². The molecule has 3 aliphatic carbocycles. The topological polar surface area (TPSA) is 221 Å². The van der Waals surface area contributed by atoms with Crippen LogP contribution < -0.4 is 45.8 Å². The summed E-state index contributed by atoms with van der Waals surface area (Å²) in [5, 5.41) is 48.8. The van der Waals surface area contributed by atoms with Crippen molar-refractivity contribution in [1.29, 1.82) is 0 Å². The molecule has 8 N–H and O–H groups in total. The van der Waals surface area contributed by atoms with Crippen LogP contribution in [0.15, 0.2) is 199 Å². The summed E-state index contributed by atoms with van der Waals surface area (Å²) < 4.78 is 58.2. The third-order valence-corrected chi connectivity index (χ3v) is 23.7. The van der Waals surface area contributed by atoms with Crippen molar-refractivity contribution in [2.45, 2.75) is 156 Å². The van der Waals surface area contributed by atoms with Gasteiger partial charge in [-0.1, -0.05) is 183 Å². The fourth-order valence-corrected chi connectivity index (χ4v) is 18.9. The van der Waals surface area contributed by atoms with Gasteiger partial charge in [-0.3, -0.25) is 0 Å². The third-order valence-electron chi connectivity index (χ3n) is 22.4. The molecule has 1 saturated heterocycles. The van der Waals surface area contributed by atoms with Crippen LogP contribution in [0.3, 0.4) is 0 Å². The van der Waals surface area contributed by atoms with Gasteiger partial charge in [-0.05, 0) is 215 Å². The van der Waals surface area contributed by atoms with Crippen LogP contribution >= 0.6 is 0 Å². The number of aliphatic hydroxyl groups is 3. The molecular formula is C82H86N3NaO9S. The summed E-state index contributed by atoms with van der Waals surface area (Å²) in [5.74, 6) is 4.51. The Labute approximate surface area is 587 Å². The van der Waals surface area contributed by atoms with Gasteiger partial charge in [-0.2, -0.15) is 0 Å². The minimum atomic E-state index is -4.98. The Kier molecular flexibility index (Phi) is 20.0. The summed E-state index contributed by atoms with van der Waals surface area (Å²) in [5.41, 5.74) is 22.5. The van der Waals surface area contributed by atoms with Crippen molar-refractivity contribution < 1.29 is 72.4 Å². The van der Waals surface area contributed by atoms with Gasteiger partial charge in [0, 0.05) is 42.6 Å². The second-order valence-corrected chi connectivity index (χ2v) is 30.1. The van der Waals surface area contributed by atoms with Gasteiger partial charge in [0.2, 0.25) is 5.72 Å². The monoisotopic (exact) mass is 1310 g/mol. The van der Waals surface area contributed by atoms with Crippen molar-refractivity contribution in [2.24, 2.45) is 46.0 Å². The van der Waals surface area contributed by atoms with Crippen molar-refractivity contribution >= 4 is 26.9 Å². The number of allylic oxidation sites excluding steroid dienone is 1. The molecule has 0 aromatic heterocycles. The first-order chi connectivity index (χ1) is 46.0. The van der Waals surface area contributed by atoms with E-state index in [0.29, 0.717) is 81.1 Å². The van der Waals surface area contributed by atoms with Gasteiger partial charge in [0.05, 0.1) is 33.2 Å². The number of ether oxygens (including phenoxy) is 2. The normalized spacial score (nSPS) is 27.4. The maximum Gasteiger partial charge on any atom is 1.00 e. The maximum atomic E-state index is 14.5. The van der Waals surface area contributed by atoms with Gasteiger partial charge in [0.15, 0.2) is 5.96 Å². The molecule has 16 rings (SSSR count). The first kappa shape index (κ1) is 67.5. The van der Waals surface area contributed by atoms with E-state index in [4.69, 9.17) is 25.9 Å². The molecule has 8 aromatic rings. The van der Waals surface area contributed by atoms with Crippen molar-refractivity contribution in [3.05, 3.63) is 260 Å². The number of nitrogens with two attached hydrogens (primary N) is 2. The number of aliphatic hydroxyl groups excluding tert-OH is 2. The molecule has 490 valence electrons. The SMILES string of the molecule is C[C@@H]1CCc2cc3ccc2[C@H]1C[C@@H](S(=O)(=O)[O-])[C@H]1C=C2C[C@H](C[C@H]4C[C@@H](CO)CC#Cc5cc(O)ccc5[C@@H]2O4)[C@@H]1c1ccc(cc1)[C@](C[C@H](Cc1ccccc1)[C@@]1(O)CCC[C@@H](c2ccc([C@@H](O)Cc4cccc5ccccc45)c(Cc4ccccc4)c2)C1)(N=C(N)N)O3.[Na+]. The van der Waals surface area contributed by atoms with Gasteiger partial charge >= 0.3 is 29.6 Å². The van der Waals surface area contributed by atoms with E-state index in [2.05, 4.69) is 104 Å². The Morgan fingerprint density at radius 2 is 1.53 bits per heavy atom. The van der Waals surface area contributed by atoms with Gasteiger partial charge < -0.3 is 45.9 Å². The van der Waals surface area contributed by atoms with Crippen LogP contribution in [0.4, 0.5) is 0 Å². The van der Waals surface area contributed by atoms with E-state index in [1.54, 1.807) is 12.1 Å². The molecule has 5 aliphatic heterocycles. The Hall–Kier alpha value is -7.06. The van der Waals surface area contributed by atoms with Crippen LogP contribution in [-0.2, 0) is 46.3 Å². The summed E-state index contributed by atoms with van der Waals surface area (Å²) in [6.45, 7) is 2.06. The fourth-order valence-electron chi connectivity index (χ4n) is 17.8. The summed E-state index contributed by atoms with van der Waals surface area (Å²) in [7, 11) is -4.98. The molecule has 96 heavy (non-hydrogen) atoms. The van der Waals surface area contributed by atoms with Crippen molar-refractivity contribution in [3.63, 3.8) is 0 Å². The first-order valence-electron chi connectivity index (χ1n) is 34.3. The number of phenolic OH excluding ortho intramolecular Hbond substituents is 1. The molecule has 14 heteroatoms. The summed E-state index contributed by atoms with van der Waals surface area (Å²) >= 11 is 0. The minimum Gasteiger partial charge on any atom is -0.748 e. The van der Waals surface area contributed by atoms with E-state index in [9.17, 15) is 33.4 Å². The Morgan fingerprint density at radius 3 is 2.30 bits per heavy atom. The Bertz CT molecular complexity index is 4360. The molecule has 0 unspecified atom stereocenters. The number of fused-ring (bicyclic) bond motifs is 10. The number of hydrogen-bond acceptors (Lipinski definition) is 10. The number of guanidine groups is 1. The zero-order valence-corrected chi connectivity index (χ0v) is 57.8. The zero-order valence-electron chi connectivity index (χ0n) is 55.0. The second-order valence-electron chi connectivity index (χ2n) is 28.5. The number of benzene rings is 8. The van der Waals surface area contributed by atoms with E-state index in [1.807, 2.05) is 91.0 Å². The molecule has 2 fully saturated rings. The van der Waals surface area contributed by atoms with Gasteiger partial charge in [-0.15, -0.1) is 0 Å². The van der Waals surface area contributed by atoms with E-state index in [0.717, 1.165) is 91.2 Å². The van der Waals surface area contributed by atoms with Crippen LogP contribution in [0.1, 0.15) is 174 Å². The van der Waals surface area contributed by atoms with E-state index < -0.39 is 56.7 Å². The molecule has 10 bridgehead atoms. The smallest absolute Gasteiger partial charge is 0.748 e. The maximum absolute atomic E-state index is 14.5. The first-order valence-corrected chi connectivity index (χ1v) is 35.8. The van der Waals surface area contributed by atoms with Crippen LogP contribution in [0.5, 0.6) is 11.5 Å². The molecule has 8 aromatic carbocycles. The summed E-state index contributed by atoms with van der Waals surface area (Å²) in [6, 6.07) is 61.0. The average Bonchev–Trinajstić information content (AvgIpc) is 1.45. The molecular weight excluding hydrogens is 1230 g/mol. The van der Waals surface area contributed by atoms with Gasteiger partial charge in [0.1, 0.15) is 17.6 Å². The van der Waals surface area contributed by atoms with Crippen LogP contribution in [-0.4, -0.2) is 62.9 Å². The quantitative estimate of drug-likeness (QED) is 0.0150. The average molecular weight is 1310 g/mol. The second kappa shape index (κ2) is 28.4. The van der Waals surface area contributed by atoms with Crippen molar-refractivity contribution in [2.75, 3.05) is 6.61 Å². The number of nitrogens with zero attached hydrogens (tertiary/aromatic N) is 1. The molecule has 5 heterocycles. The Morgan fingerprint density at radius 1 is 0.792 bits per heavy atom. The number of rotatable bonds is 14. The number of hydrogen-bond donors (Lipinski definition) is 6. The van der Waals surface area contributed by atoms with Gasteiger partial charge in [-0.25, -0.2) is 13.4 Å². The largest absolute Gasteiger partial charge is 1.00 e. The van der Waals surface area contributed by atoms with Gasteiger partial charge in [0.25, 0.3) is 0 Å². The molecule has 14 atom stereocenters. The van der Waals surface area contributed by atoms with Crippen molar-refractivity contribution in [1.82, 2.24) is 0 Å². The number of aromatic hydroxyl groups is 1. The van der Waals surface area contributed by atoms with E-state index >= 15 is 0 Å². The predicted molar refractivity (Wildman–Crippen MR) is 371 cm³/mol. The van der Waals surface area contributed by atoms with E-state index in [-0.39, 0.29) is 96.4 Å². The number of aryl methyl sites for hydroxylation is 1. The zero-order chi connectivity index (χ0) is 65.6.